The Morgan fingerprint density at radius 1 is 1.38 bits per heavy atom. The summed E-state index contributed by atoms with van der Waals surface area (Å²) in [6.45, 7) is 2.59. The topological polar surface area (TPSA) is 40.6 Å². The molecule has 0 bridgehead atoms. The molecule has 2 aliphatic heterocycles. The van der Waals surface area contributed by atoms with Crippen LogP contribution in [0.4, 0.5) is 0 Å². The van der Waals surface area contributed by atoms with Crippen LogP contribution in [0, 0.1) is 5.92 Å². The molecule has 1 aromatic heterocycles. The van der Waals surface area contributed by atoms with Gasteiger partial charge in [-0.3, -0.25) is 0 Å². The zero-order valence-electron chi connectivity index (χ0n) is 9.04. The standard InChI is InChI=1S/C10H14N2O2S2/c1-11-5-8-6-12(9(8)7-11)16(13,14)10-3-2-4-15-10/h2-4,8-9H,5-7H2,1H3/t8-,9-/m1/s1. The van der Waals surface area contributed by atoms with Gasteiger partial charge in [-0.25, -0.2) is 8.42 Å². The number of hydrogen-bond donors (Lipinski definition) is 0. The van der Waals surface area contributed by atoms with E-state index in [0.717, 1.165) is 13.1 Å². The van der Waals surface area contributed by atoms with Crippen LogP contribution in [0.2, 0.25) is 0 Å². The molecule has 1 aromatic rings. The van der Waals surface area contributed by atoms with Gasteiger partial charge in [0, 0.05) is 31.6 Å². The van der Waals surface area contributed by atoms with Crippen LogP contribution in [0.5, 0.6) is 0 Å². The zero-order chi connectivity index (χ0) is 11.3. The third-order valence-corrected chi connectivity index (χ3v) is 6.70. The molecule has 0 aromatic carbocycles. The molecule has 0 unspecified atom stereocenters. The van der Waals surface area contributed by atoms with Gasteiger partial charge >= 0.3 is 0 Å². The van der Waals surface area contributed by atoms with Crippen molar-refractivity contribution in [3.05, 3.63) is 17.5 Å². The van der Waals surface area contributed by atoms with Gasteiger partial charge in [0.25, 0.3) is 10.0 Å². The van der Waals surface area contributed by atoms with E-state index in [0.29, 0.717) is 16.7 Å². The van der Waals surface area contributed by atoms with Crippen molar-refractivity contribution in [2.24, 2.45) is 5.92 Å². The van der Waals surface area contributed by atoms with E-state index in [9.17, 15) is 8.42 Å². The second-order valence-electron chi connectivity index (χ2n) is 4.56. The zero-order valence-corrected chi connectivity index (χ0v) is 10.7. The third kappa shape index (κ3) is 1.44. The van der Waals surface area contributed by atoms with Crippen molar-refractivity contribution in [1.82, 2.24) is 9.21 Å². The van der Waals surface area contributed by atoms with Crippen LogP contribution in [0.25, 0.3) is 0 Å². The first-order valence-electron chi connectivity index (χ1n) is 5.33. The lowest BCUT2D eigenvalue weighted by molar-refractivity contribution is 0.148. The predicted octanol–water partition coefficient (Wildman–Crippen LogP) is 0.683. The van der Waals surface area contributed by atoms with Gasteiger partial charge in [0.15, 0.2) is 0 Å². The average molecular weight is 258 g/mol. The first kappa shape index (κ1) is 10.7. The van der Waals surface area contributed by atoms with Crippen molar-refractivity contribution in [3.63, 3.8) is 0 Å². The molecule has 6 heteroatoms. The van der Waals surface area contributed by atoms with Crippen molar-refractivity contribution in [1.29, 1.82) is 0 Å². The second-order valence-corrected chi connectivity index (χ2v) is 7.62. The van der Waals surface area contributed by atoms with Crippen LogP contribution in [-0.4, -0.2) is 50.3 Å². The molecular formula is C10H14N2O2S2. The highest BCUT2D eigenvalue weighted by Crippen LogP contribution is 2.37. The van der Waals surface area contributed by atoms with E-state index in [1.807, 2.05) is 12.4 Å². The number of thiophene rings is 1. The van der Waals surface area contributed by atoms with Gasteiger partial charge in [0.1, 0.15) is 4.21 Å². The fourth-order valence-electron chi connectivity index (χ4n) is 2.60. The fourth-order valence-corrected chi connectivity index (χ4v) is 5.45. The minimum Gasteiger partial charge on any atom is -0.304 e. The number of likely N-dealkylation sites (N-methyl/N-ethyl adjacent to an activating group) is 1. The summed E-state index contributed by atoms with van der Waals surface area (Å²) in [5.41, 5.74) is 0. The molecule has 0 spiro atoms. The number of hydrogen-bond acceptors (Lipinski definition) is 4. The predicted molar refractivity (Wildman–Crippen MR) is 63.0 cm³/mol. The first-order valence-corrected chi connectivity index (χ1v) is 7.65. The molecule has 0 amide bonds. The first-order chi connectivity index (χ1) is 7.59. The summed E-state index contributed by atoms with van der Waals surface area (Å²) in [6, 6.07) is 3.68. The largest absolute Gasteiger partial charge is 0.304 e. The van der Waals surface area contributed by atoms with Gasteiger partial charge in [-0.2, -0.15) is 4.31 Å². The Morgan fingerprint density at radius 2 is 2.19 bits per heavy atom. The SMILES string of the molecule is CN1C[C@@H]2CN(S(=O)(=O)c3cccs3)[C@@H]2C1. The number of sulfonamides is 1. The Bertz CT molecular complexity index is 483. The lowest BCUT2D eigenvalue weighted by Gasteiger charge is -2.41. The summed E-state index contributed by atoms with van der Waals surface area (Å²) in [5, 5.41) is 1.81. The molecule has 0 aliphatic carbocycles. The van der Waals surface area contributed by atoms with Crippen LogP contribution in [0.15, 0.2) is 21.7 Å². The number of rotatable bonds is 2. The molecule has 2 saturated heterocycles. The second kappa shape index (κ2) is 3.53. The van der Waals surface area contributed by atoms with E-state index < -0.39 is 10.0 Å². The lowest BCUT2D eigenvalue weighted by atomic mass is 9.96. The van der Waals surface area contributed by atoms with Crippen LogP contribution in [0.1, 0.15) is 0 Å². The van der Waals surface area contributed by atoms with E-state index >= 15 is 0 Å². The highest BCUT2D eigenvalue weighted by Gasteiger charge is 2.50. The fraction of sp³-hybridized carbons (Fsp3) is 0.600. The van der Waals surface area contributed by atoms with Crippen molar-refractivity contribution >= 4 is 21.4 Å². The monoisotopic (exact) mass is 258 g/mol. The minimum atomic E-state index is -3.21. The highest BCUT2D eigenvalue weighted by molar-refractivity contribution is 7.91. The number of likely N-dealkylation sites (tertiary alicyclic amines) is 1. The van der Waals surface area contributed by atoms with E-state index in [1.54, 1.807) is 16.4 Å². The molecule has 0 radical (unpaired) electrons. The quantitative estimate of drug-likeness (QED) is 0.783. The van der Waals surface area contributed by atoms with E-state index in [-0.39, 0.29) is 6.04 Å². The highest BCUT2D eigenvalue weighted by atomic mass is 32.2. The van der Waals surface area contributed by atoms with Gasteiger partial charge in [0.2, 0.25) is 0 Å². The number of fused-ring (bicyclic) bond motifs is 1. The molecule has 2 aliphatic rings. The summed E-state index contributed by atoms with van der Waals surface area (Å²) in [5.74, 6) is 0.541. The van der Waals surface area contributed by atoms with Crippen LogP contribution in [0.3, 0.4) is 0 Å². The molecule has 3 heterocycles. The molecule has 2 atom stereocenters. The van der Waals surface area contributed by atoms with Crippen LogP contribution >= 0.6 is 11.3 Å². The summed E-state index contributed by atoms with van der Waals surface area (Å²) < 4.78 is 26.6. The van der Waals surface area contributed by atoms with Crippen molar-refractivity contribution < 1.29 is 8.42 Å². The van der Waals surface area contributed by atoms with Gasteiger partial charge in [-0.1, -0.05) is 6.07 Å². The van der Waals surface area contributed by atoms with Crippen molar-refractivity contribution in [3.8, 4) is 0 Å². The Labute approximate surface area is 99.5 Å². The molecule has 16 heavy (non-hydrogen) atoms. The molecular weight excluding hydrogens is 244 g/mol. The normalized spacial score (nSPS) is 31.3. The molecule has 4 nitrogen and oxygen atoms in total. The average Bonchev–Trinajstić information content (AvgIpc) is 2.80. The van der Waals surface area contributed by atoms with Crippen LogP contribution < -0.4 is 0 Å². The maximum atomic E-state index is 12.2. The van der Waals surface area contributed by atoms with Crippen LogP contribution in [-0.2, 0) is 10.0 Å². The van der Waals surface area contributed by atoms with Crippen molar-refractivity contribution in [2.75, 3.05) is 26.7 Å². The Kier molecular flexibility index (Phi) is 2.36. The number of nitrogens with zero attached hydrogens (tertiary/aromatic N) is 2. The summed E-state index contributed by atoms with van der Waals surface area (Å²) in [7, 11) is -1.16. The minimum absolute atomic E-state index is 0.206. The third-order valence-electron chi connectivity index (χ3n) is 3.43. The molecule has 3 rings (SSSR count). The lowest BCUT2D eigenvalue weighted by Crippen LogP contribution is -2.57. The Morgan fingerprint density at radius 3 is 2.81 bits per heavy atom. The van der Waals surface area contributed by atoms with Gasteiger partial charge in [-0.15, -0.1) is 11.3 Å². The van der Waals surface area contributed by atoms with Crippen molar-refractivity contribution in [2.45, 2.75) is 10.3 Å². The molecule has 0 saturated carbocycles. The summed E-state index contributed by atoms with van der Waals surface area (Å²) in [6.07, 6.45) is 0. The van der Waals surface area contributed by atoms with E-state index in [4.69, 9.17) is 0 Å². The maximum absolute atomic E-state index is 12.2. The van der Waals surface area contributed by atoms with Gasteiger partial charge < -0.3 is 4.90 Å². The smallest absolute Gasteiger partial charge is 0.252 e. The van der Waals surface area contributed by atoms with E-state index in [2.05, 4.69) is 4.90 Å². The molecule has 2 fully saturated rings. The maximum Gasteiger partial charge on any atom is 0.252 e. The Hall–Kier alpha value is -0.430. The van der Waals surface area contributed by atoms with Gasteiger partial charge in [0.05, 0.1) is 0 Å². The molecule has 0 N–H and O–H groups in total. The van der Waals surface area contributed by atoms with Gasteiger partial charge in [-0.05, 0) is 18.5 Å². The molecule has 88 valence electrons. The summed E-state index contributed by atoms with van der Waals surface area (Å²) >= 11 is 1.30. The van der Waals surface area contributed by atoms with E-state index in [1.165, 1.54) is 11.3 Å². The summed E-state index contributed by atoms with van der Waals surface area (Å²) in [4.78, 5) is 2.21. The Balaban J connectivity index is 1.86.